The Morgan fingerprint density at radius 3 is 2.06 bits per heavy atom. The number of hydrogen-bond donors (Lipinski definition) is 1. The van der Waals surface area contributed by atoms with Crippen LogP contribution in [0.15, 0.2) is 54.6 Å². The van der Waals surface area contributed by atoms with Crippen LogP contribution in [0.4, 0.5) is 0 Å². The minimum absolute atomic E-state index is 0.0121. The molecule has 0 saturated carbocycles. The molecule has 0 radical (unpaired) electrons. The smallest absolute Gasteiger partial charge is 0.217 e. The molecule has 1 heterocycles. The lowest BCUT2D eigenvalue weighted by molar-refractivity contribution is -0.119. The van der Waals surface area contributed by atoms with Gasteiger partial charge in [0.05, 0.1) is 11.6 Å². The molecule has 3 nitrogen and oxygen atoms in total. The number of hydrogen-bond acceptors (Lipinski definition) is 2. The Hall–Kier alpha value is -2.68. The molecular weight excluding hydrogens is 404 g/mol. The Bertz CT molecular complexity index is 1090. The number of amides is 1. The maximum atomic E-state index is 12.4. The third kappa shape index (κ3) is 6.01. The number of carbonyl (C=O) groups excluding carboxylic acids is 1. The van der Waals surface area contributed by atoms with Gasteiger partial charge in [0, 0.05) is 23.9 Å². The molecule has 0 aliphatic heterocycles. The molecule has 1 N–H and O–H groups in total. The zero-order chi connectivity index (χ0) is 24.4. The summed E-state index contributed by atoms with van der Waals surface area (Å²) in [5.74, 6) is 0.0758. The number of para-hydroxylation sites is 1. The first-order chi connectivity index (χ1) is 15.4. The molecule has 0 aliphatic carbocycles. The van der Waals surface area contributed by atoms with Gasteiger partial charge in [-0.25, -0.2) is 0 Å². The second-order valence-electron chi connectivity index (χ2n) is 11.3. The van der Waals surface area contributed by atoms with E-state index in [1.54, 1.807) is 6.92 Å². The zero-order valence-corrected chi connectivity index (χ0v) is 21.6. The van der Waals surface area contributed by atoms with Crippen molar-refractivity contribution in [2.45, 2.75) is 91.0 Å². The van der Waals surface area contributed by atoms with E-state index >= 15 is 0 Å². The second-order valence-corrected chi connectivity index (χ2v) is 11.3. The number of nitrogens with one attached hydrogen (secondary N) is 1. The summed E-state index contributed by atoms with van der Waals surface area (Å²) in [6.45, 7) is 17.3. The van der Waals surface area contributed by atoms with Crippen molar-refractivity contribution in [2.75, 3.05) is 0 Å². The highest BCUT2D eigenvalue weighted by Crippen LogP contribution is 2.38. The third-order valence-corrected chi connectivity index (χ3v) is 6.41. The van der Waals surface area contributed by atoms with Gasteiger partial charge in [-0.15, -0.1) is 0 Å². The lowest BCUT2D eigenvalue weighted by Crippen LogP contribution is -2.32. The molecule has 3 aromatic rings. The molecule has 0 saturated heterocycles. The van der Waals surface area contributed by atoms with Gasteiger partial charge in [0.1, 0.15) is 0 Å². The summed E-state index contributed by atoms with van der Waals surface area (Å²) in [6, 6.07) is 19.3. The molecule has 2 atom stereocenters. The van der Waals surface area contributed by atoms with Gasteiger partial charge in [-0.05, 0) is 46.1 Å². The Balaban J connectivity index is 2.20. The summed E-state index contributed by atoms with van der Waals surface area (Å²) in [5.41, 5.74) is 5.81. The van der Waals surface area contributed by atoms with Gasteiger partial charge >= 0.3 is 0 Å². The largest absolute Gasteiger partial charge is 0.349 e. The van der Waals surface area contributed by atoms with Gasteiger partial charge in [-0.1, -0.05) is 97.4 Å². The minimum atomic E-state index is -0.139. The molecule has 0 spiro atoms. The number of pyridine rings is 1. The van der Waals surface area contributed by atoms with Crippen LogP contribution in [0.3, 0.4) is 0 Å². The Morgan fingerprint density at radius 2 is 1.52 bits per heavy atom. The standard InChI is InChI=1S/C30H40N2O/c1-9-12-25(27-16-15-21-13-10-11-14-26(21)32-27)28(31-20(2)33)22-17-23(29(3,4)5)19-24(18-22)30(6,7)8/h10-11,13-19,25,28H,9,12H2,1-8H3,(H,31,33)/t25-,28-/m1/s1. The molecule has 1 aromatic heterocycles. The fraction of sp³-hybridized carbons (Fsp3) is 0.467. The van der Waals surface area contributed by atoms with Crippen LogP contribution in [0, 0.1) is 0 Å². The monoisotopic (exact) mass is 444 g/mol. The van der Waals surface area contributed by atoms with Gasteiger partial charge in [-0.3, -0.25) is 9.78 Å². The molecule has 33 heavy (non-hydrogen) atoms. The molecule has 0 unspecified atom stereocenters. The summed E-state index contributed by atoms with van der Waals surface area (Å²) in [6.07, 6.45) is 1.96. The van der Waals surface area contributed by atoms with Crippen LogP contribution < -0.4 is 5.32 Å². The van der Waals surface area contributed by atoms with Crippen LogP contribution >= 0.6 is 0 Å². The van der Waals surface area contributed by atoms with Crippen molar-refractivity contribution >= 4 is 16.8 Å². The van der Waals surface area contributed by atoms with Crippen LogP contribution in [-0.2, 0) is 15.6 Å². The van der Waals surface area contributed by atoms with E-state index in [4.69, 9.17) is 4.98 Å². The normalized spacial score (nSPS) is 14.2. The topological polar surface area (TPSA) is 42.0 Å². The second kappa shape index (κ2) is 9.67. The van der Waals surface area contributed by atoms with E-state index in [0.717, 1.165) is 35.0 Å². The number of aromatic nitrogens is 1. The van der Waals surface area contributed by atoms with Crippen molar-refractivity contribution < 1.29 is 4.79 Å². The predicted octanol–water partition coefficient (Wildman–Crippen LogP) is 7.59. The molecule has 0 fully saturated rings. The zero-order valence-electron chi connectivity index (χ0n) is 21.6. The Labute approximate surface area is 200 Å². The van der Waals surface area contributed by atoms with Gasteiger partial charge in [0.2, 0.25) is 5.91 Å². The van der Waals surface area contributed by atoms with Crippen LogP contribution in [0.2, 0.25) is 0 Å². The molecule has 3 heteroatoms. The average Bonchev–Trinajstić information content (AvgIpc) is 2.74. The average molecular weight is 445 g/mol. The fourth-order valence-corrected chi connectivity index (χ4v) is 4.42. The number of carbonyl (C=O) groups is 1. The summed E-state index contributed by atoms with van der Waals surface area (Å²) in [7, 11) is 0. The van der Waals surface area contributed by atoms with E-state index in [2.05, 4.69) is 96.2 Å². The molecule has 3 rings (SSSR count). The van der Waals surface area contributed by atoms with Crippen LogP contribution in [-0.4, -0.2) is 10.9 Å². The van der Waals surface area contributed by atoms with Crippen LogP contribution in [0.25, 0.3) is 10.9 Å². The highest BCUT2D eigenvalue weighted by Gasteiger charge is 2.29. The summed E-state index contributed by atoms with van der Waals surface area (Å²) in [4.78, 5) is 17.5. The lowest BCUT2D eigenvalue weighted by Gasteiger charge is -2.32. The van der Waals surface area contributed by atoms with Crippen molar-refractivity contribution in [1.29, 1.82) is 0 Å². The number of benzene rings is 2. The van der Waals surface area contributed by atoms with E-state index < -0.39 is 0 Å². The SMILES string of the molecule is CCC[C@H](c1ccc2ccccc2n1)[C@H](NC(C)=O)c1cc(C(C)(C)C)cc(C(C)(C)C)c1. The first-order valence-corrected chi connectivity index (χ1v) is 12.2. The molecule has 2 aromatic carbocycles. The van der Waals surface area contributed by atoms with E-state index in [1.165, 1.54) is 11.1 Å². The van der Waals surface area contributed by atoms with Crippen molar-refractivity contribution in [2.24, 2.45) is 0 Å². The van der Waals surface area contributed by atoms with Gasteiger partial charge in [0.25, 0.3) is 0 Å². The van der Waals surface area contributed by atoms with E-state index in [-0.39, 0.29) is 28.7 Å². The Kier molecular flexibility index (Phi) is 7.31. The van der Waals surface area contributed by atoms with Crippen molar-refractivity contribution in [3.05, 3.63) is 77.0 Å². The number of nitrogens with zero attached hydrogens (tertiary/aromatic N) is 1. The van der Waals surface area contributed by atoms with Crippen molar-refractivity contribution in [3.8, 4) is 0 Å². The fourth-order valence-electron chi connectivity index (χ4n) is 4.42. The summed E-state index contributed by atoms with van der Waals surface area (Å²) in [5, 5.41) is 4.44. The van der Waals surface area contributed by atoms with Gasteiger partial charge in [0.15, 0.2) is 0 Å². The van der Waals surface area contributed by atoms with Crippen molar-refractivity contribution in [1.82, 2.24) is 10.3 Å². The van der Waals surface area contributed by atoms with Crippen molar-refractivity contribution in [3.63, 3.8) is 0 Å². The predicted molar refractivity (Wildman–Crippen MR) is 140 cm³/mol. The summed E-state index contributed by atoms with van der Waals surface area (Å²) >= 11 is 0. The first-order valence-electron chi connectivity index (χ1n) is 12.2. The highest BCUT2D eigenvalue weighted by molar-refractivity contribution is 5.78. The molecule has 1 amide bonds. The molecule has 176 valence electrons. The van der Waals surface area contributed by atoms with E-state index in [0.29, 0.717) is 0 Å². The van der Waals surface area contributed by atoms with Gasteiger partial charge in [-0.2, -0.15) is 0 Å². The van der Waals surface area contributed by atoms with E-state index in [9.17, 15) is 4.79 Å². The maximum absolute atomic E-state index is 12.4. The Morgan fingerprint density at radius 1 is 0.909 bits per heavy atom. The minimum Gasteiger partial charge on any atom is -0.349 e. The highest BCUT2D eigenvalue weighted by atomic mass is 16.1. The molecule has 0 aliphatic rings. The lowest BCUT2D eigenvalue weighted by atomic mass is 9.77. The molecule has 0 bridgehead atoms. The molecular formula is C30H40N2O. The third-order valence-electron chi connectivity index (χ3n) is 6.41. The first kappa shape index (κ1) is 25.0. The van der Waals surface area contributed by atoms with Crippen LogP contribution in [0.1, 0.15) is 103 Å². The van der Waals surface area contributed by atoms with E-state index in [1.807, 2.05) is 12.1 Å². The van der Waals surface area contributed by atoms with Crippen LogP contribution in [0.5, 0.6) is 0 Å². The quantitative estimate of drug-likeness (QED) is 0.425. The summed E-state index contributed by atoms with van der Waals surface area (Å²) < 4.78 is 0. The number of fused-ring (bicyclic) bond motifs is 1. The number of rotatable bonds is 6. The maximum Gasteiger partial charge on any atom is 0.217 e. The van der Waals surface area contributed by atoms with Gasteiger partial charge < -0.3 is 5.32 Å².